The van der Waals surface area contributed by atoms with Gasteiger partial charge in [-0.05, 0) is 18.6 Å². The molecular weight excluding hydrogens is 257 g/mol. The molecule has 0 spiro atoms. The van der Waals surface area contributed by atoms with Crippen LogP contribution in [0.15, 0.2) is 24.3 Å². The summed E-state index contributed by atoms with van der Waals surface area (Å²) in [5.41, 5.74) is 7.01. The molecule has 0 aliphatic heterocycles. The van der Waals surface area contributed by atoms with Gasteiger partial charge in [-0.3, -0.25) is 0 Å². The van der Waals surface area contributed by atoms with Gasteiger partial charge in [0.1, 0.15) is 23.1 Å². The summed E-state index contributed by atoms with van der Waals surface area (Å²) < 4.78 is 20.5. The van der Waals surface area contributed by atoms with Crippen molar-refractivity contribution in [2.24, 2.45) is 0 Å². The highest BCUT2D eigenvalue weighted by atomic mass is 19.1. The summed E-state index contributed by atoms with van der Waals surface area (Å²) in [6.45, 7) is 6.25. The van der Waals surface area contributed by atoms with E-state index in [4.69, 9.17) is 10.5 Å². The Morgan fingerprint density at radius 3 is 2.65 bits per heavy atom. The van der Waals surface area contributed by atoms with Crippen molar-refractivity contribution in [2.45, 2.75) is 32.6 Å². The highest BCUT2D eigenvalue weighted by Gasteiger charge is 2.23. The molecule has 0 bridgehead atoms. The molecule has 0 radical (unpaired) electrons. The number of anilines is 1. The molecule has 0 aliphatic rings. The molecular formula is C15H20FN3O. The normalized spacial score (nSPS) is 11.7. The standard InChI is InChI=1S/C15H20FN3O/c1-5-15(2,3)13-9-14(17)19(18-13)12-8-10(20-4)6-7-11(12)16/h6-9H,5,17H2,1-4H3. The van der Waals surface area contributed by atoms with Crippen LogP contribution in [0.1, 0.15) is 32.9 Å². The van der Waals surface area contributed by atoms with Crippen LogP contribution < -0.4 is 10.5 Å². The summed E-state index contributed by atoms with van der Waals surface area (Å²) in [4.78, 5) is 0. The van der Waals surface area contributed by atoms with Gasteiger partial charge in [0, 0.05) is 17.5 Å². The predicted octanol–water partition coefficient (Wildman–Crippen LogP) is 3.29. The third kappa shape index (κ3) is 2.48. The minimum atomic E-state index is -0.388. The zero-order valence-corrected chi connectivity index (χ0v) is 12.3. The maximum absolute atomic E-state index is 14.0. The molecule has 5 heteroatoms. The fourth-order valence-corrected chi connectivity index (χ4v) is 1.88. The number of rotatable bonds is 4. The SMILES string of the molecule is CCC(C)(C)c1cc(N)n(-c2cc(OC)ccc2F)n1. The first-order valence-corrected chi connectivity index (χ1v) is 6.59. The molecule has 108 valence electrons. The van der Waals surface area contributed by atoms with E-state index in [2.05, 4.69) is 25.9 Å². The Kier molecular flexibility index (Phi) is 3.70. The molecule has 1 aromatic heterocycles. The molecule has 1 aromatic carbocycles. The number of benzene rings is 1. The van der Waals surface area contributed by atoms with Gasteiger partial charge in [0.15, 0.2) is 0 Å². The van der Waals surface area contributed by atoms with Crippen LogP contribution in [-0.4, -0.2) is 16.9 Å². The van der Waals surface area contributed by atoms with Crippen molar-refractivity contribution in [1.29, 1.82) is 0 Å². The quantitative estimate of drug-likeness (QED) is 0.933. The fourth-order valence-electron chi connectivity index (χ4n) is 1.88. The summed E-state index contributed by atoms with van der Waals surface area (Å²) in [5.74, 6) is 0.586. The Hall–Kier alpha value is -2.04. The summed E-state index contributed by atoms with van der Waals surface area (Å²) in [5, 5.41) is 4.45. The molecule has 0 saturated heterocycles. The molecule has 0 atom stereocenters. The Labute approximate surface area is 118 Å². The second-order valence-electron chi connectivity index (χ2n) is 5.42. The van der Waals surface area contributed by atoms with E-state index in [1.165, 1.54) is 17.9 Å². The second kappa shape index (κ2) is 5.15. The van der Waals surface area contributed by atoms with Gasteiger partial charge < -0.3 is 10.5 Å². The van der Waals surface area contributed by atoms with E-state index in [1.54, 1.807) is 18.2 Å². The number of hydrogen-bond acceptors (Lipinski definition) is 3. The van der Waals surface area contributed by atoms with Crippen LogP contribution in [-0.2, 0) is 5.41 Å². The van der Waals surface area contributed by atoms with E-state index in [0.29, 0.717) is 17.3 Å². The Bertz CT molecular complexity index is 620. The van der Waals surface area contributed by atoms with E-state index in [0.717, 1.165) is 12.1 Å². The number of aromatic nitrogens is 2. The molecule has 0 amide bonds. The van der Waals surface area contributed by atoms with E-state index < -0.39 is 0 Å². The zero-order chi connectivity index (χ0) is 14.9. The first-order valence-electron chi connectivity index (χ1n) is 6.59. The van der Waals surface area contributed by atoms with Crippen LogP contribution >= 0.6 is 0 Å². The number of methoxy groups -OCH3 is 1. The third-order valence-corrected chi connectivity index (χ3v) is 3.70. The van der Waals surface area contributed by atoms with Gasteiger partial charge in [-0.15, -0.1) is 0 Å². The largest absolute Gasteiger partial charge is 0.497 e. The van der Waals surface area contributed by atoms with E-state index >= 15 is 0 Å². The highest BCUT2D eigenvalue weighted by molar-refractivity contribution is 5.47. The molecule has 2 aromatic rings. The molecule has 2 rings (SSSR count). The number of nitrogen functional groups attached to an aromatic ring is 1. The first kappa shape index (κ1) is 14.4. The number of ether oxygens (including phenoxy) is 1. The van der Waals surface area contributed by atoms with Gasteiger partial charge in [0.2, 0.25) is 0 Å². The summed E-state index contributed by atoms with van der Waals surface area (Å²) in [7, 11) is 1.54. The molecule has 0 saturated carbocycles. The smallest absolute Gasteiger partial charge is 0.149 e. The van der Waals surface area contributed by atoms with E-state index in [-0.39, 0.29) is 11.2 Å². The topological polar surface area (TPSA) is 53.1 Å². The van der Waals surface area contributed by atoms with Crippen molar-refractivity contribution in [3.63, 3.8) is 0 Å². The third-order valence-electron chi connectivity index (χ3n) is 3.70. The number of halogens is 1. The lowest BCUT2D eigenvalue weighted by Crippen LogP contribution is -2.16. The van der Waals surface area contributed by atoms with Crippen molar-refractivity contribution < 1.29 is 9.13 Å². The minimum absolute atomic E-state index is 0.102. The van der Waals surface area contributed by atoms with Crippen LogP contribution in [0.25, 0.3) is 5.69 Å². The Morgan fingerprint density at radius 2 is 2.05 bits per heavy atom. The maximum Gasteiger partial charge on any atom is 0.149 e. The molecule has 0 unspecified atom stereocenters. The monoisotopic (exact) mass is 277 g/mol. The van der Waals surface area contributed by atoms with Gasteiger partial charge >= 0.3 is 0 Å². The van der Waals surface area contributed by atoms with Crippen molar-refractivity contribution in [2.75, 3.05) is 12.8 Å². The summed E-state index contributed by atoms with van der Waals surface area (Å²) >= 11 is 0. The molecule has 0 fully saturated rings. The maximum atomic E-state index is 14.0. The van der Waals surface area contributed by atoms with Gasteiger partial charge in [-0.2, -0.15) is 5.10 Å². The van der Waals surface area contributed by atoms with Crippen LogP contribution in [0.5, 0.6) is 5.75 Å². The van der Waals surface area contributed by atoms with Gasteiger partial charge in [-0.1, -0.05) is 20.8 Å². The van der Waals surface area contributed by atoms with Gasteiger partial charge in [0.05, 0.1) is 12.8 Å². The predicted molar refractivity (Wildman–Crippen MR) is 77.8 cm³/mol. The van der Waals surface area contributed by atoms with Crippen molar-refractivity contribution in [1.82, 2.24) is 9.78 Å². The fraction of sp³-hybridized carbons (Fsp3) is 0.400. The molecule has 2 N–H and O–H groups in total. The number of nitrogens with zero attached hydrogens (tertiary/aromatic N) is 2. The van der Waals surface area contributed by atoms with Crippen LogP contribution in [0.2, 0.25) is 0 Å². The average Bonchev–Trinajstić information content (AvgIpc) is 2.82. The van der Waals surface area contributed by atoms with Crippen molar-refractivity contribution in [3.05, 3.63) is 35.8 Å². The van der Waals surface area contributed by atoms with E-state index in [9.17, 15) is 4.39 Å². The molecule has 0 aliphatic carbocycles. The Balaban J connectivity index is 2.54. The lowest BCUT2D eigenvalue weighted by atomic mass is 9.87. The average molecular weight is 277 g/mol. The van der Waals surface area contributed by atoms with Crippen LogP contribution in [0, 0.1) is 5.82 Å². The highest BCUT2D eigenvalue weighted by Crippen LogP contribution is 2.29. The van der Waals surface area contributed by atoms with Gasteiger partial charge in [0.25, 0.3) is 0 Å². The minimum Gasteiger partial charge on any atom is -0.497 e. The molecule has 4 nitrogen and oxygen atoms in total. The van der Waals surface area contributed by atoms with Crippen LogP contribution in [0.4, 0.5) is 10.2 Å². The summed E-state index contributed by atoms with van der Waals surface area (Å²) in [6.07, 6.45) is 0.921. The lowest BCUT2D eigenvalue weighted by molar-refractivity contribution is 0.413. The Morgan fingerprint density at radius 1 is 1.35 bits per heavy atom. The summed E-state index contributed by atoms with van der Waals surface area (Å²) in [6, 6.07) is 6.29. The lowest BCUT2D eigenvalue weighted by Gasteiger charge is -2.19. The van der Waals surface area contributed by atoms with Crippen molar-refractivity contribution in [3.8, 4) is 11.4 Å². The first-order chi connectivity index (χ1) is 9.39. The van der Waals surface area contributed by atoms with Crippen molar-refractivity contribution >= 4 is 5.82 Å². The van der Waals surface area contributed by atoms with E-state index in [1.807, 2.05) is 0 Å². The number of hydrogen-bond donors (Lipinski definition) is 1. The molecule has 1 heterocycles. The van der Waals surface area contributed by atoms with Crippen LogP contribution in [0.3, 0.4) is 0 Å². The second-order valence-corrected chi connectivity index (χ2v) is 5.42. The zero-order valence-electron chi connectivity index (χ0n) is 12.3. The van der Waals surface area contributed by atoms with Gasteiger partial charge in [-0.25, -0.2) is 9.07 Å². The molecule has 20 heavy (non-hydrogen) atoms. The number of nitrogens with two attached hydrogens (primary N) is 1.